The van der Waals surface area contributed by atoms with Gasteiger partial charge < -0.3 is 5.11 Å². The minimum atomic E-state index is -3.66. The molecule has 0 spiro atoms. The predicted octanol–water partition coefficient (Wildman–Crippen LogP) is 3.12. The van der Waals surface area contributed by atoms with Crippen molar-refractivity contribution in [3.8, 4) is 0 Å². The quantitative estimate of drug-likeness (QED) is 0.751. The summed E-state index contributed by atoms with van der Waals surface area (Å²) >= 11 is 1.23. The second kappa shape index (κ2) is 7.92. The maximum absolute atomic E-state index is 12.7. The Morgan fingerprint density at radius 2 is 1.92 bits per heavy atom. The van der Waals surface area contributed by atoms with Crippen molar-refractivity contribution in [3.05, 3.63) is 52.4 Å². The maximum atomic E-state index is 12.7. The maximum Gasteiger partial charge on any atom is 0.303 e. The third-order valence-electron chi connectivity index (χ3n) is 3.59. The van der Waals surface area contributed by atoms with E-state index < -0.39 is 22.0 Å². The van der Waals surface area contributed by atoms with Crippen molar-refractivity contribution in [2.75, 3.05) is 0 Å². The monoisotopic (exact) mass is 367 g/mol. The second-order valence-electron chi connectivity index (χ2n) is 5.77. The molecular formula is C17H21NO4S2. The molecule has 1 aromatic carbocycles. The molecule has 1 unspecified atom stereocenters. The smallest absolute Gasteiger partial charge is 0.303 e. The normalized spacial score (nSPS) is 12.9. The third-order valence-corrected chi connectivity index (χ3v) is 6.90. The zero-order valence-electron chi connectivity index (χ0n) is 13.7. The zero-order chi connectivity index (χ0) is 17.7. The van der Waals surface area contributed by atoms with E-state index in [1.54, 1.807) is 6.92 Å². The van der Waals surface area contributed by atoms with Crippen molar-refractivity contribution in [1.82, 2.24) is 4.72 Å². The second-order valence-corrected chi connectivity index (χ2v) is 8.93. The lowest BCUT2D eigenvalue weighted by Crippen LogP contribution is -2.36. The Kier molecular flexibility index (Phi) is 6.15. The molecule has 0 amide bonds. The van der Waals surface area contributed by atoms with Crippen LogP contribution in [0.15, 0.2) is 40.6 Å². The lowest BCUT2D eigenvalue weighted by atomic mass is 10.0. The molecule has 0 aliphatic rings. The SMILES string of the molecule is Cc1cc(C)c(S(=O)(=O)NC(CCC(=O)O)Cc2ccccc2)s1. The van der Waals surface area contributed by atoms with E-state index in [9.17, 15) is 13.2 Å². The number of carboxylic acids is 1. The molecular weight excluding hydrogens is 346 g/mol. The summed E-state index contributed by atoms with van der Waals surface area (Å²) in [5.41, 5.74) is 1.68. The van der Waals surface area contributed by atoms with Crippen molar-refractivity contribution in [3.63, 3.8) is 0 Å². The van der Waals surface area contributed by atoms with Crippen LogP contribution in [0.3, 0.4) is 0 Å². The van der Waals surface area contributed by atoms with Crippen LogP contribution in [0.2, 0.25) is 0 Å². The summed E-state index contributed by atoms with van der Waals surface area (Å²) in [6.07, 6.45) is 0.617. The van der Waals surface area contributed by atoms with E-state index in [-0.39, 0.29) is 12.8 Å². The number of hydrogen-bond acceptors (Lipinski definition) is 4. The Bertz CT molecular complexity index is 797. The number of aliphatic carboxylic acids is 1. The topological polar surface area (TPSA) is 83.5 Å². The van der Waals surface area contributed by atoms with Crippen molar-refractivity contribution < 1.29 is 18.3 Å². The summed E-state index contributed by atoms with van der Waals surface area (Å²) in [6, 6.07) is 10.8. The van der Waals surface area contributed by atoms with Gasteiger partial charge >= 0.3 is 5.97 Å². The summed E-state index contributed by atoms with van der Waals surface area (Å²) in [7, 11) is -3.66. The number of aryl methyl sites for hydroxylation is 2. The summed E-state index contributed by atoms with van der Waals surface area (Å²) in [4.78, 5) is 11.8. The molecule has 130 valence electrons. The van der Waals surface area contributed by atoms with E-state index >= 15 is 0 Å². The number of nitrogens with one attached hydrogen (secondary N) is 1. The van der Waals surface area contributed by atoms with Gasteiger partial charge in [-0.3, -0.25) is 4.79 Å². The first-order chi connectivity index (χ1) is 11.3. The fourth-order valence-corrected chi connectivity index (χ4v) is 5.51. The number of carbonyl (C=O) groups is 1. The molecule has 0 aliphatic heterocycles. The van der Waals surface area contributed by atoms with Crippen LogP contribution in [0.1, 0.15) is 28.8 Å². The van der Waals surface area contributed by atoms with Gasteiger partial charge in [-0.1, -0.05) is 30.3 Å². The van der Waals surface area contributed by atoms with Crippen LogP contribution in [-0.2, 0) is 21.2 Å². The molecule has 0 aliphatic carbocycles. The Morgan fingerprint density at radius 3 is 2.46 bits per heavy atom. The van der Waals surface area contributed by atoms with E-state index in [4.69, 9.17) is 5.11 Å². The Morgan fingerprint density at radius 1 is 1.25 bits per heavy atom. The summed E-state index contributed by atoms with van der Waals surface area (Å²) in [5, 5.41) is 8.92. The molecule has 1 heterocycles. The fraction of sp³-hybridized carbons (Fsp3) is 0.353. The number of benzene rings is 1. The highest BCUT2D eigenvalue weighted by molar-refractivity contribution is 7.91. The standard InChI is InChI=1S/C17H21NO4S2/c1-12-10-13(2)23-17(12)24(21,22)18-15(8-9-16(19)20)11-14-6-4-3-5-7-14/h3-7,10,15,18H,8-9,11H2,1-2H3,(H,19,20). The van der Waals surface area contributed by atoms with Gasteiger partial charge in [-0.15, -0.1) is 11.3 Å². The zero-order valence-corrected chi connectivity index (χ0v) is 15.3. The van der Waals surface area contributed by atoms with Crippen LogP contribution in [-0.4, -0.2) is 25.5 Å². The van der Waals surface area contributed by atoms with Crippen molar-refractivity contribution in [1.29, 1.82) is 0 Å². The average molecular weight is 367 g/mol. The molecule has 7 heteroatoms. The number of carboxylic acid groups (broad SMARTS) is 1. The first-order valence-corrected chi connectivity index (χ1v) is 9.93. The molecule has 2 rings (SSSR count). The highest BCUT2D eigenvalue weighted by Gasteiger charge is 2.24. The van der Waals surface area contributed by atoms with Crippen LogP contribution in [0, 0.1) is 13.8 Å². The van der Waals surface area contributed by atoms with Gasteiger partial charge in [0, 0.05) is 17.3 Å². The van der Waals surface area contributed by atoms with E-state index in [1.807, 2.05) is 43.3 Å². The van der Waals surface area contributed by atoms with E-state index in [0.717, 1.165) is 10.4 Å². The minimum absolute atomic E-state index is 0.0809. The van der Waals surface area contributed by atoms with Crippen LogP contribution in [0.4, 0.5) is 0 Å². The van der Waals surface area contributed by atoms with E-state index in [1.165, 1.54) is 11.3 Å². The van der Waals surface area contributed by atoms with Crippen LogP contribution in [0.5, 0.6) is 0 Å². The van der Waals surface area contributed by atoms with Gasteiger partial charge in [0.15, 0.2) is 0 Å². The van der Waals surface area contributed by atoms with Gasteiger partial charge in [0.2, 0.25) is 0 Å². The lowest BCUT2D eigenvalue weighted by Gasteiger charge is -2.18. The predicted molar refractivity (Wildman–Crippen MR) is 94.9 cm³/mol. The van der Waals surface area contributed by atoms with Gasteiger partial charge in [-0.25, -0.2) is 13.1 Å². The first-order valence-electron chi connectivity index (χ1n) is 7.63. The molecule has 2 aromatic rings. The van der Waals surface area contributed by atoms with Gasteiger partial charge in [0.05, 0.1) is 0 Å². The number of sulfonamides is 1. The van der Waals surface area contributed by atoms with Crippen molar-refractivity contribution in [2.24, 2.45) is 0 Å². The molecule has 0 radical (unpaired) electrons. The number of thiophene rings is 1. The van der Waals surface area contributed by atoms with Gasteiger partial charge in [0.25, 0.3) is 10.0 Å². The molecule has 2 N–H and O–H groups in total. The van der Waals surface area contributed by atoms with E-state index in [0.29, 0.717) is 16.2 Å². The van der Waals surface area contributed by atoms with Gasteiger partial charge in [-0.05, 0) is 43.9 Å². The molecule has 0 saturated heterocycles. The Balaban J connectivity index is 2.20. The highest BCUT2D eigenvalue weighted by atomic mass is 32.2. The Labute approximate surface area is 146 Å². The highest BCUT2D eigenvalue weighted by Crippen LogP contribution is 2.26. The largest absolute Gasteiger partial charge is 0.481 e. The molecule has 1 atom stereocenters. The van der Waals surface area contributed by atoms with Crippen LogP contribution < -0.4 is 4.72 Å². The van der Waals surface area contributed by atoms with Gasteiger partial charge in [-0.2, -0.15) is 0 Å². The third kappa shape index (κ3) is 5.15. The summed E-state index contributed by atoms with van der Waals surface area (Å²) < 4.78 is 28.3. The molecule has 0 fully saturated rings. The first kappa shape index (κ1) is 18.6. The minimum Gasteiger partial charge on any atom is -0.481 e. The molecule has 0 bridgehead atoms. The number of rotatable bonds is 8. The van der Waals surface area contributed by atoms with Crippen LogP contribution >= 0.6 is 11.3 Å². The molecule has 5 nitrogen and oxygen atoms in total. The summed E-state index contributed by atoms with van der Waals surface area (Å²) in [5.74, 6) is -0.935. The molecule has 1 aromatic heterocycles. The van der Waals surface area contributed by atoms with Crippen molar-refractivity contribution in [2.45, 2.75) is 43.4 Å². The Hall–Kier alpha value is -1.70. The summed E-state index contributed by atoms with van der Waals surface area (Å²) in [6.45, 7) is 3.63. The molecule has 24 heavy (non-hydrogen) atoms. The van der Waals surface area contributed by atoms with Crippen LogP contribution in [0.25, 0.3) is 0 Å². The van der Waals surface area contributed by atoms with Crippen molar-refractivity contribution >= 4 is 27.3 Å². The average Bonchev–Trinajstić information content (AvgIpc) is 2.85. The van der Waals surface area contributed by atoms with E-state index in [2.05, 4.69) is 4.72 Å². The van der Waals surface area contributed by atoms with Gasteiger partial charge in [0.1, 0.15) is 4.21 Å². The molecule has 0 saturated carbocycles. The number of hydrogen-bond donors (Lipinski definition) is 2. The fourth-order valence-electron chi connectivity index (χ4n) is 2.56. The lowest BCUT2D eigenvalue weighted by molar-refractivity contribution is -0.137.